The first-order chi connectivity index (χ1) is 7.05. The summed E-state index contributed by atoms with van der Waals surface area (Å²) in [7, 11) is 1.80. The quantitative estimate of drug-likeness (QED) is 0.661. The zero-order valence-electron chi connectivity index (χ0n) is 10.9. The van der Waals surface area contributed by atoms with Crippen LogP contribution in [-0.4, -0.2) is 37.3 Å². The molecule has 0 spiro atoms. The molecule has 2 nitrogen and oxygen atoms in total. The van der Waals surface area contributed by atoms with Gasteiger partial charge in [0, 0.05) is 13.2 Å². The van der Waals surface area contributed by atoms with Crippen molar-refractivity contribution < 1.29 is 4.74 Å². The molecular formula is C12H27NOS. The highest BCUT2D eigenvalue weighted by Gasteiger charge is 2.18. The second-order valence-electron chi connectivity index (χ2n) is 4.54. The van der Waals surface area contributed by atoms with Crippen molar-refractivity contribution in [1.82, 2.24) is 5.32 Å². The van der Waals surface area contributed by atoms with E-state index >= 15 is 0 Å². The number of hydrogen-bond acceptors (Lipinski definition) is 3. The topological polar surface area (TPSA) is 21.3 Å². The maximum atomic E-state index is 5.44. The molecule has 0 aromatic heterocycles. The van der Waals surface area contributed by atoms with E-state index in [1.54, 1.807) is 7.11 Å². The number of ether oxygens (including phenoxy) is 1. The number of hydrogen-bond donors (Lipinski definition) is 1. The van der Waals surface area contributed by atoms with Crippen molar-refractivity contribution in [3.63, 3.8) is 0 Å². The first kappa shape index (κ1) is 15.3. The lowest BCUT2D eigenvalue weighted by Gasteiger charge is -2.26. The molecule has 0 aliphatic heterocycles. The van der Waals surface area contributed by atoms with Crippen LogP contribution in [0.1, 0.15) is 40.0 Å². The van der Waals surface area contributed by atoms with Crippen LogP contribution in [0.15, 0.2) is 0 Å². The van der Waals surface area contributed by atoms with Crippen molar-refractivity contribution in [3.8, 4) is 0 Å². The summed E-state index contributed by atoms with van der Waals surface area (Å²) in [5, 5.41) is 3.55. The first-order valence-electron chi connectivity index (χ1n) is 5.83. The molecule has 0 amide bonds. The SMILES string of the molecule is CCNC(CCSC)CCC(C)(C)OC. The Balaban J connectivity index is 3.83. The zero-order chi connectivity index (χ0) is 11.7. The fraction of sp³-hybridized carbons (Fsp3) is 1.00. The van der Waals surface area contributed by atoms with Gasteiger partial charge in [0.05, 0.1) is 5.60 Å². The van der Waals surface area contributed by atoms with E-state index in [0.717, 1.165) is 13.0 Å². The van der Waals surface area contributed by atoms with Gasteiger partial charge in [-0.1, -0.05) is 6.92 Å². The molecule has 3 heteroatoms. The summed E-state index contributed by atoms with van der Waals surface area (Å²) in [6, 6.07) is 0.650. The van der Waals surface area contributed by atoms with E-state index in [4.69, 9.17) is 4.74 Å². The van der Waals surface area contributed by atoms with Crippen molar-refractivity contribution in [2.75, 3.05) is 25.7 Å². The number of thioether (sulfide) groups is 1. The van der Waals surface area contributed by atoms with Gasteiger partial charge in [-0.3, -0.25) is 0 Å². The average molecular weight is 233 g/mol. The van der Waals surface area contributed by atoms with E-state index in [1.165, 1.54) is 18.6 Å². The first-order valence-corrected chi connectivity index (χ1v) is 7.22. The minimum atomic E-state index is 0.0209. The van der Waals surface area contributed by atoms with Crippen molar-refractivity contribution in [2.24, 2.45) is 0 Å². The summed E-state index contributed by atoms with van der Waals surface area (Å²) in [5.74, 6) is 1.24. The highest BCUT2D eigenvalue weighted by atomic mass is 32.2. The maximum absolute atomic E-state index is 5.44. The molecule has 0 saturated heterocycles. The molecule has 0 aliphatic carbocycles. The third-order valence-electron chi connectivity index (χ3n) is 2.81. The average Bonchev–Trinajstić information content (AvgIpc) is 2.22. The molecule has 0 bridgehead atoms. The smallest absolute Gasteiger partial charge is 0.0623 e. The lowest BCUT2D eigenvalue weighted by molar-refractivity contribution is 0.0117. The predicted molar refractivity (Wildman–Crippen MR) is 70.8 cm³/mol. The fourth-order valence-electron chi connectivity index (χ4n) is 1.52. The van der Waals surface area contributed by atoms with Crippen LogP contribution < -0.4 is 5.32 Å². The Morgan fingerprint density at radius 2 is 2.00 bits per heavy atom. The van der Waals surface area contributed by atoms with E-state index in [2.05, 4.69) is 32.3 Å². The van der Waals surface area contributed by atoms with Crippen LogP contribution in [0.4, 0.5) is 0 Å². The second-order valence-corrected chi connectivity index (χ2v) is 5.52. The van der Waals surface area contributed by atoms with Gasteiger partial charge < -0.3 is 10.1 Å². The lowest BCUT2D eigenvalue weighted by Crippen LogP contribution is -2.33. The van der Waals surface area contributed by atoms with Crippen LogP contribution in [0.25, 0.3) is 0 Å². The number of methoxy groups -OCH3 is 1. The highest BCUT2D eigenvalue weighted by molar-refractivity contribution is 7.98. The van der Waals surface area contributed by atoms with Gasteiger partial charge in [-0.05, 0) is 51.7 Å². The summed E-state index contributed by atoms with van der Waals surface area (Å²) in [6.45, 7) is 7.55. The molecule has 1 unspecified atom stereocenters. The van der Waals surface area contributed by atoms with E-state index in [-0.39, 0.29) is 5.60 Å². The molecule has 0 aliphatic rings. The summed E-state index contributed by atoms with van der Waals surface area (Å²) >= 11 is 1.92. The Kier molecular flexibility index (Phi) is 8.58. The number of nitrogens with one attached hydrogen (secondary N) is 1. The minimum absolute atomic E-state index is 0.0209. The molecule has 15 heavy (non-hydrogen) atoms. The highest BCUT2D eigenvalue weighted by Crippen LogP contribution is 2.18. The summed E-state index contributed by atoms with van der Waals surface area (Å²) in [6.07, 6.45) is 5.75. The Hall–Kier alpha value is 0.270. The Morgan fingerprint density at radius 3 is 2.47 bits per heavy atom. The van der Waals surface area contributed by atoms with Gasteiger partial charge in [0.1, 0.15) is 0 Å². The van der Waals surface area contributed by atoms with E-state index in [9.17, 15) is 0 Å². The van der Waals surface area contributed by atoms with Gasteiger partial charge in [0.2, 0.25) is 0 Å². The normalized spacial score (nSPS) is 14.2. The van der Waals surface area contributed by atoms with E-state index < -0.39 is 0 Å². The summed E-state index contributed by atoms with van der Waals surface area (Å²) in [4.78, 5) is 0. The van der Waals surface area contributed by atoms with Crippen LogP contribution in [0, 0.1) is 0 Å². The van der Waals surface area contributed by atoms with Crippen LogP contribution >= 0.6 is 11.8 Å². The standard InChI is InChI=1S/C12H27NOS/c1-6-13-11(8-10-15-5)7-9-12(2,3)14-4/h11,13H,6-10H2,1-5H3. The molecule has 0 heterocycles. The van der Waals surface area contributed by atoms with Crippen LogP contribution in [-0.2, 0) is 4.74 Å². The van der Waals surface area contributed by atoms with Crippen molar-refractivity contribution in [2.45, 2.75) is 51.7 Å². The minimum Gasteiger partial charge on any atom is -0.379 e. The largest absolute Gasteiger partial charge is 0.379 e. The third kappa shape index (κ3) is 8.12. The third-order valence-corrected chi connectivity index (χ3v) is 3.45. The predicted octanol–water partition coefficient (Wildman–Crippen LogP) is 2.92. The molecule has 0 radical (unpaired) electrons. The van der Waals surface area contributed by atoms with Gasteiger partial charge in [-0.2, -0.15) is 11.8 Å². The monoisotopic (exact) mass is 233 g/mol. The molecule has 1 N–H and O–H groups in total. The summed E-state index contributed by atoms with van der Waals surface area (Å²) in [5.41, 5.74) is 0.0209. The lowest BCUT2D eigenvalue weighted by atomic mass is 9.98. The molecule has 0 saturated carbocycles. The zero-order valence-corrected chi connectivity index (χ0v) is 11.7. The van der Waals surface area contributed by atoms with Crippen LogP contribution in [0.2, 0.25) is 0 Å². The Bertz CT molecular complexity index is 151. The molecule has 0 aromatic carbocycles. The summed E-state index contributed by atoms with van der Waals surface area (Å²) < 4.78 is 5.44. The van der Waals surface area contributed by atoms with Gasteiger partial charge in [-0.25, -0.2) is 0 Å². The van der Waals surface area contributed by atoms with Gasteiger partial charge in [0.25, 0.3) is 0 Å². The number of rotatable bonds is 9. The van der Waals surface area contributed by atoms with Gasteiger partial charge >= 0.3 is 0 Å². The van der Waals surface area contributed by atoms with E-state index in [0.29, 0.717) is 6.04 Å². The molecule has 1 atom stereocenters. The van der Waals surface area contributed by atoms with Crippen molar-refractivity contribution in [3.05, 3.63) is 0 Å². The second kappa shape index (κ2) is 8.43. The molecule has 0 fully saturated rings. The van der Waals surface area contributed by atoms with Crippen LogP contribution in [0.5, 0.6) is 0 Å². The van der Waals surface area contributed by atoms with E-state index in [1.807, 2.05) is 11.8 Å². The van der Waals surface area contributed by atoms with Gasteiger partial charge in [-0.15, -0.1) is 0 Å². The fourth-order valence-corrected chi connectivity index (χ4v) is 2.04. The molecule has 0 rings (SSSR count). The van der Waals surface area contributed by atoms with Crippen molar-refractivity contribution in [1.29, 1.82) is 0 Å². The van der Waals surface area contributed by atoms with Crippen LogP contribution in [0.3, 0.4) is 0 Å². The Morgan fingerprint density at radius 1 is 1.33 bits per heavy atom. The van der Waals surface area contributed by atoms with Gasteiger partial charge in [0.15, 0.2) is 0 Å². The maximum Gasteiger partial charge on any atom is 0.0623 e. The molecule has 0 aromatic rings. The van der Waals surface area contributed by atoms with Crippen molar-refractivity contribution >= 4 is 11.8 Å². The molecule has 92 valence electrons. The Labute approximate surface area is 99.5 Å². The molecular weight excluding hydrogens is 206 g/mol.